The number of rotatable bonds is 4. The molecule has 0 saturated carbocycles. The fourth-order valence-corrected chi connectivity index (χ4v) is 3.46. The van der Waals surface area contributed by atoms with Crippen LogP contribution in [-0.4, -0.2) is 32.4 Å². The lowest BCUT2D eigenvalue weighted by Gasteiger charge is -2.03. The van der Waals surface area contributed by atoms with E-state index in [9.17, 15) is 4.79 Å². The zero-order valence-electron chi connectivity index (χ0n) is 14.4. The largest absolute Gasteiger partial charge is 0.454 e. The molecule has 0 atom stereocenters. The fourth-order valence-electron chi connectivity index (χ4n) is 2.75. The monoisotopic (exact) mass is 391 g/mol. The van der Waals surface area contributed by atoms with E-state index in [2.05, 4.69) is 20.4 Å². The standard InChI is InChI=1S/C19H13N5O3S/c25-18(13-3-5-17(20-9-13)24-7-1-6-21-24)23-19-22-14(10-28-19)12-2-4-15-16(8-12)27-11-26-15/h1-10H,11H2,(H,22,23,25). The zero-order valence-corrected chi connectivity index (χ0v) is 15.2. The van der Waals surface area contributed by atoms with Gasteiger partial charge in [-0.05, 0) is 36.4 Å². The van der Waals surface area contributed by atoms with Gasteiger partial charge in [-0.3, -0.25) is 10.1 Å². The molecule has 4 aromatic rings. The molecule has 4 heterocycles. The number of ether oxygens (including phenoxy) is 2. The summed E-state index contributed by atoms with van der Waals surface area (Å²) in [5, 5.41) is 9.30. The van der Waals surface area contributed by atoms with Gasteiger partial charge in [0.2, 0.25) is 6.79 Å². The Morgan fingerprint density at radius 1 is 1.18 bits per heavy atom. The van der Waals surface area contributed by atoms with Crippen LogP contribution in [0.25, 0.3) is 17.1 Å². The summed E-state index contributed by atoms with van der Waals surface area (Å²) >= 11 is 1.35. The van der Waals surface area contributed by atoms with Crippen LogP contribution in [0.1, 0.15) is 10.4 Å². The van der Waals surface area contributed by atoms with Crippen molar-refractivity contribution in [1.82, 2.24) is 19.7 Å². The number of aromatic nitrogens is 4. The minimum Gasteiger partial charge on any atom is -0.454 e. The first-order valence-corrected chi connectivity index (χ1v) is 9.27. The summed E-state index contributed by atoms with van der Waals surface area (Å²) in [6.07, 6.45) is 4.97. The molecular formula is C19H13N5O3S. The molecule has 1 aromatic carbocycles. The summed E-state index contributed by atoms with van der Waals surface area (Å²) in [4.78, 5) is 21.2. The highest BCUT2D eigenvalue weighted by Gasteiger charge is 2.16. The molecule has 1 amide bonds. The Balaban J connectivity index is 1.31. The summed E-state index contributed by atoms with van der Waals surface area (Å²) in [5.74, 6) is 1.78. The molecule has 3 aromatic heterocycles. The minimum absolute atomic E-state index is 0.227. The van der Waals surface area contributed by atoms with Gasteiger partial charge >= 0.3 is 0 Å². The third-order valence-electron chi connectivity index (χ3n) is 4.14. The predicted molar refractivity (Wildman–Crippen MR) is 103 cm³/mol. The van der Waals surface area contributed by atoms with Crippen molar-refractivity contribution < 1.29 is 14.3 Å². The second-order valence-electron chi connectivity index (χ2n) is 5.92. The SMILES string of the molecule is O=C(Nc1nc(-c2ccc3c(c2)OCO3)cs1)c1ccc(-n2cccn2)nc1. The fraction of sp³-hybridized carbons (Fsp3) is 0.0526. The van der Waals surface area contributed by atoms with E-state index in [-0.39, 0.29) is 12.7 Å². The number of fused-ring (bicyclic) bond motifs is 1. The Bertz CT molecular complexity index is 1140. The molecule has 1 aliphatic heterocycles. The molecule has 0 spiro atoms. The van der Waals surface area contributed by atoms with Crippen molar-refractivity contribution in [1.29, 1.82) is 0 Å². The smallest absolute Gasteiger partial charge is 0.259 e. The van der Waals surface area contributed by atoms with Crippen LogP contribution < -0.4 is 14.8 Å². The summed E-state index contributed by atoms with van der Waals surface area (Å²) < 4.78 is 12.3. The van der Waals surface area contributed by atoms with Crippen LogP contribution in [0.2, 0.25) is 0 Å². The van der Waals surface area contributed by atoms with Gasteiger partial charge < -0.3 is 9.47 Å². The first-order valence-electron chi connectivity index (χ1n) is 8.39. The maximum atomic E-state index is 12.5. The Morgan fingerprint density at radius 2 is 2.11 bits per heavy atom. The minimum atomic E-state index is -0.272. The van der Waals surface area contributed by atoms with Gasteiger partial charge in [0.1, 0.15) is 0 Å². The van der Waals surface area contributed by atoms with Crippen LogP contribution in [0.15, 0.2) is 60.4 Å². The van der Waals surface area contributed by atoms with Crippen LogP contribution in [0.3, 0.4) is 0 Å². The van der Waals surface area contributed by atoms with Gasteiger partial charge in [-0.25, -0.2) is 14.6 Å². The van der Waals surface area contributed by atoms with E-state index in [1.54, 1.807) is 29.2 Å². The summed E-state index contributed by atoms with van der Waals surface area (Å²) in [7, 11) is 0. The number of nitrogens with zero attached hydrogens (tertiary/aromatic N) is 4. The van der Waals surface area contributed by atoms with Crippen molar-refractivity contribution >= 4 is 22.4 Å². The molecule has 1 N–H and O–H groups in total. The first kappa shape index (κ1) is 16.5. The summed E-state index contributed by atoms with van der Waals surface area (Å²) in [6.45, 7) is 0.227. The van der Waals surface area contributed by atoms with Crippen LogP contribution >= 0.6 is 11.3 Å². The van der Waals surface area contributed by atoms with Crippen molar-refractivity contribution in [3.05, 3.63) is 65.9 Å². The Labute approximate surface area is 163 Å². The van der Waals surface area contributed by atoms with Gasteiger partial charge in [0.15, 0.2) is 22.4 Å². The lowest BCUT2D eigenvalue weighted by atomic mass is 10.1. The maximum Gasteiger partial charge on any atom is 0.259 e. The Kier molecular flexibility index (Phi) is 3.99. The third-order valence-corrected chi connectivity index (χ3v) is 4.90. The quantitative estimate of drug-likeness (QED) is 0.574. The van der Waals surface area contributed by atoms with E-state index in [4.69, 9.17) is 9.47 Å². The number of thiazole rings is 1. The highest BCUT2D eigenvalue weighted by atomic mass is 32.1. The third kappa shape index (κ3) is 3.08. The number of anilines is 1. The first-order chi connectivity index (χ1) is 13.8. The molecule has 8 nitrogen and oxygen atoms in total. The Morgan fingerprint density at radius 3 is 2.93 bits per heavy atom. The highest BCUT2D eigenvalue weighted by Crippen LogP contribution is 2.36. The zero-order chi connectivity index (χ0) is 18.9. The molecule has 0 unspecified atom stereocenters. The lowest BCUT2D eigenvalue weighted by Crippen LogP contribution is -2.12. The van der Waals surface area contributed by atoms with E-state index in [1.165, 1.54) is 17.5 Å². The molecule has 138 valence electrons. The number of benzene rings is 1. The lowest BCUT2D eigenvalue weighted by molar-refractivity contribution is 0.102. The maximum absolute atomic E-state index is 12.5. The average Bonchev–Trinajstić information content (AvgIpc) is 3.48. The normalized spacial score (nSPS) is 12.1. The molecule has 0 fully saturated rings. The predicted octanol–water partition coefficient (Wildman–Crippen LogP) is 3.37. The van der Waals surface area contributed by atoms with Crippen LogP contribution in [-0.2, 0) is 0 Å². The number of amides is 1. The highest BCUT2D eigenvalue weighted by molar-refractivity contribution is 7.14. The van der Waals surface area contributed by atoms with E-state index in [0.717, 1.165) is 17.0 Å². The Hall–Kier alpha value is -3.72. The topological polar surface area (TPSA) is 91.2 Å². The van der Waals surface area contributed by atoms with Gasteiger partial charge in [-0.2, -0.15) is 5.10 Å². The second-order valence-corrected chi connectivity index (χ2v) is 6.77. The molecule has 0 bridgehead atoms. The van der Waals surface area contributed by atoms with Crippen molar-refractivity contribution in [2.75, 3.05) is 12.1 Å². The van der Waals surface area contributed by atoms with Crippen LogP contribution in [0.5, 0.6) is 11.5 Å². The average molecular weight is 391 g/mol. The summed E-state index contributed by atoms with van der Waals surface area (Å²) in [5.41, 5.74) is 2.09. The van der Waals surface area contributed by atoms with E-state index >= 15 is 0 Å². The van der Waals surface area contributed by atoms with Gasteiger partial charge in [0.25, 0.3) is 5.91 Å². The van der Waals surface area contributed by atoms with Crippen LogP contribution in [0, 0.1) is 0 Å². The number of nitrogens with one attached hydrogen (secondary N) is 1. The number of carbonyl (C=O) groups excluding carboxylic acids is 1. The molecule has 9 heteroatoms. The number of carbonyl (C=O) groups is 1. The van der Waals surface area contributed by atoms with Crippen molar-refractivity contribution in [3.8, 4) is 28.6 Å². The summed E-state index contributed by atoms with van der Waals surface area (Å²) in [6, 6.07) is 10.9. The van der Waals surface area contributed by atoms with Gasteiger partial charge in [0, 0.05) is 29.5 Å². The van der Waals surface area contributed by atoms with E-state index < -0.39 is 0 Å². The van der Waals surface area contributed by atoms with Gasteiger partial charge in [0.05, 0.1) is 11.3 Å². The van der Waals surface area contributed by atoms with E-state index in [1.807, 2.05) is 29.6 Å². The van der Waals surface area contributed by atoms with Crippen molar-refractivity contribution in [3.63, 3.8) is 0 Å². The molecule has 0 saturated heterocycles. The molecule has 5 rings (SSSR count). The number of hydrogen-bond donors (Lipinski definition) is 1. The number of hydrogen-bond acceptors (Lipinski definition) is 7. The molecular weight excluding hydrogens is 378 g/mol. The molecule has 28 heavy (non-hydrogen) atoms. The van der Waals surface area contributed by atoms with E-state index in [0.29, 0.717) is 22.3 Å². The molecule has 0 aliphatic carbocycles. The second kappa shape index (κ2) is 6.78. The van der Waals surface area contributed by atoms with Crippen LogP contribution in [0.4, 0.5) is 5.13 Å². The molecule has 1 aliphatic rings. The van der Waals surface area contributed by atoms with Crippen molar-refractivity contribution in [2.24, 2.45) is 0 Å². The van der Waals surface area contributed by atoms with Crippen molar-refractivity contribution in [2.45, 2.75) is 0 Å². The molecule has 0 radical (unpaired) electrons. The van der Waals surface area contributed by atoms with Gasteiger partial charge in [-0.15, -0.1) is 11.3 Å². The number of pyridine rings is 1. The van der Waals surface area contributed by atoms with Gasteiger partial charge in [-0.1, -0.05) is 0 Å².